The molecule has 1 aromatic rings. The monoisotopic (exact) mass is 175 g/mol. The van der Waals surface area contributed by atoms with Crippen molar-refractivity contribution >= 4 is 5.82 Å². The Morgan fingerprint density at radius 2 is 2.23 bits per heavy atom. The van der Waals surface area contributed by atoms with Crippen LogP contribution < -0.4 is 4.90 Å². The van der Waals surface area contributed by atoms with E-state index in [0.717, 1.165) is 18.1 Å². The molecule has 0 fully saturated rings. The number of aryl methyl sites for hydroxylation is 1. The van der Waals surface area contributed by atoms with Crippen molar-refractivity contribution in [3.05, 3.63) is 23.4 Å². The third-order valence-electron chi connectivity index (χ3n) is 1.93. The second kappa shape index (κ2) is 3.90. The molecule has 1 heterocycles. The van der Waals surface area contributed by atoms with Crippen LogP contribution >= 0.6 is 0 Å². The van der Waals surface area contributed by atoms with E-state index in [9.17, 15) is 0 Å². The van der Waals surface area contributed by atoms with Crippen LogP contribution in [-0.4, -0.2) is 18.6 Å². The minimum atomic E-state index is 0.669. The van der Waals surface area contributed by atoms with E-state index in [1.54, 1.807) is 12.1 Å². The van der Waals surface area contributed by atoms with Gasteiger partial charge in [0.25, 0.3) is 0 Å². The number of anilines is 1. The molecule has 0 saturated carbocycles. The van der Waals surface area contributed by atoms with E-state index in [1.165, 1.54) is 0 Å². The first-order valence-electron chi connectivity index (χ1n) is 4.27. The predicted molar refractivity (Wildman–Crippen MR) is 52.6 cm³/mol. The minimum Gasteiger partial charge on any atom is -0.360 e. The first-order valence-corrected chi connectivity index (χ1v) is 4.27. The maximum atomic E-state index is 8.74. The topological polar surface area (TPSA) is 39.9 Å². The molecule has 13 heavy (non-hydrogen) atoms. The molecule has 0 saturated heterocycles. The highest BCUT2D eigenvalue weighted by Crippen LogP contribution is 2.12. The maximum Gasteiger partial charge on any atom is 0.129 e. The number of nitrogens with zero attached hydrogens (tertiary/aromatic N) is 3. The zero-order valence-electron chi connectivity index (χ0n) is 8.20. The van der Waals surface area contributed by atoms with Crippen LogP contribution in [0.4, 0.5) is 5.82 Å². The zero-order valence-corrected chi connectivity index (χ0v) is 8.20. The zero-order chi connectivity index (χ0) is 9.84. The third kappa shape index (κ3) is 2.19. The fourth-order valence-corrected chi connectivity index (χ4v) is 1.07. The molecule has 1 rings (SSSR count). The van der Waals surface area contributed by atoms with Gasteiger partial charge in [-0.15, -0.1) is 0 Å². The lowest BCUT2D eigenvalue weighted by Crippen LogP contribution is -2.17. The second-order valence-corrected chi connectivity index (χ2v) is 2.98. The van der Waals surface area contributed by atoms with E-state index in [-0.39, 0.29) is 0 Å². The van der Waals surface area contributed by atoms with Crippen molar-refractivity contribution < 1.29 is 0 Å². The van der Waals surface area contributed by atoms with Gasteiger partial charge in [0.2, 0.25) is 0 Å². The van der Waals surface area contributed by atoms with E-state index in [1.807, 2.05) is 18.9 Å². The van der Waals surface area contributed by atoms with Gasteiger partial charge in [-0.25, -0.2) is 4.98 Å². The number of hydrogen-bond acceptors (Lipinski definition) is 3. The number of pyridine rings is 1. The Labute approximate surface area is 78.6 Å². The first kappa shape index (κ1) is 9.53. The molecule has 68 valence electrons. The average Bonchev–Trinajstić information content (AvgIpc) is 2.15. The Bertz CT molecular complexity index is 339. The van der Waals surface area contributed by atoms with Gasteiger partial charge in [-0.3, -0.25) is 0 Å². The highest BCUT2D eigenvalue weighted by Gasteiger charge is 2.02. The Morgan fingerprint density at radius 3 is 2.77 bits per heavy atom. The second-order valence-electron chi connectivity index (χ2n) is 2.98. The van der Waals surface area contributed by atoms with Gasteiger partial charge in [0.05, 0.1) is 11.6 Å². The SMILES string of the molecule is CCN(C)c1cc(C#N)cc(C)n1. The summed E-state index contributed by atoms with van der Waals surface area (Å²) in [5, 5.41) is 8.74. The molecule has 0 N–H and O–H groups in total. The largest absolute Gasteiger partial charge is 0.360 e. The Kier molecular flexibility index (Phi) is 2.86. The molecule has 0 aliphatic heterocycles. The molecule has 0 spiro atoms. The first-order chi connectivity index (χ1) is 6.17. The lowest BCUT2D eigenvalue weighted by molar-refractivity contribution is 0.930. The van der Waals surface area contributed by atoms with Crippen molar-refractivity contribution in [2.45, 2.75) is 13.8 Å². The van der Waals surface area contributed by atoms with E-state index in [4.69, 9.17) is 5.26 Å². The van der Waals surface area contributed by atoms with Gasteiger partial charge in [0.15, 0.2) is 0 Å². The van der Waals surface area contributed by atoms with E-state index in [0.29, 0.717) is 5.56 Å². The molecular formula is C10H13N3. The number of rotatable bonds is 2. The van der Waals surface area contributed by atoms with Crippen LogP contribution in [0.1, 0.15) is 18.2 Å². The molecule has 3 nitrogen and oxygen atoms in total. The maximum absolute atomic E-state index is 8.74. The van der Waals surface area contributed by atoms with Gasteiger partial charge in [0, 0.05) is 19.3 Å². The van der Waals surface area contributed by atoms with Crippen LogP contribution in [-0.2, 0) is 0 Å². The molecule has 3 heteroatoms. The minimum absolute atomic E-state index is 0.669. The Hall–Kier alpha value is -1.56. The Morgan fingerprint density at radius 1 is 1.54 bits per heavy atom. The molecule has 0 amide bonds. The van der Waals surface area contributed by atoms with Crippen molar-refractivity contribution in [2.75, 3.05) is 18.5 Å². The summed E-state index contributed by atoms with van der Waals surface area (Å²) >= 11 is 0. The van der Waals surface area contributed by atoms with E-state index >= 15 is 0 Å². The van der Waals surface area contributed by atoms with Crippen LogP contribution in [0.25, 0.3) is 0 Å². The number of nitriles is 1. The summed E-state index contributed by atoms with van der Waals surface area (Å²) in [5.41, 5.74) is 1.55. The lowest BCUT2D eigenvalue weighted by Gasteiger charge is -2.15. The summed E-state index contributed by atoms with van der Waals surface area (Å²) in [7, 11) is 1.96. The molecule has 0 bridgehead atoms. The van der Waals surface area contributed by atoms with Crippen LogP contribution in [0.2, 0.25) is 0 Å². The number of hydrogen-bond donors (Lipinski definition) is 0. The summed E-state index contributed by atoms with van der Waals surface area (Å²) in [6.07, 6.45) is 0. The van der Waals surface area contributed by atoms with Crippen LogP contribution in [0.3, 0.4) is 0 Å². The predicted octanol–water partition coefficient (Wildman–Crippen LogP) is 1.72. The molecule has 0 aromatic carbocycles. The van der Waals surface area contributed by atoms with E-state index in [2.05, 4.69) is 18.0 Å². The molecule has 0 unspecified atom stereocenters. The van der Waals surface area contributed by atoms with Crippen LogP contribution in [0.5, 0.6) is 0 Å². The average molecular weight is 175 g/mol. The van der Waals surface area contributed by atoms with Gasteiger partial charge < -0.3 is 4.90 Å². The van der Waals surface area contributed by atoms with Gasteiger partial charge in [0.1, 0.15) is 5.82 Å². The highest BCUT2D eigenvalue weighted by molar-refractivity contribution is 5.45. The standard InChI is InChI=1S/C10H13N3/c1-4-13(3)10-6-9(7-11)5-8(2)12-10/h5-6H,4H2,1-3H3. The van der Waals surface area contributed by atoms with Crippen molar-refractivity contribution in [3.8, 4) is 6.07 Å². The molecule has 0 atom stereocenters. The Balaban J connectivity index is 3.10. The summed E-state index contributed by atoms with van der Waals surface area (Å²) in [4.78, 5) is 6.34. The van der Waals surface area contributed by atoms with Crippen LogP contribution in [0, 0.1) is 18.3 Å². The highest BCUT2D eigenvalue weighted by atomic mass is 15.2. The van der Waals surface area contributed by atoms with Gasteiger partial charge in [-0.1, -0.05) is 0 Å². The normalized spacial score (nSPS) is 9.38. The molecule has 0 radical (unpaired) electrons. The van der Waals surface area contributed by atoms with Crippen molar-refractivity contribution in [2.24, 2.45) is 0 Å². The van der Waals surface area contributed by atoms with Crippen molar-refractivity contribution in [3.63, 3.8) is 0 Å². The van der Waals surface area contributed by atoms with Crippen molar-refractivity contribution in [1.29, 1.82) is 5.26 Å². The summed E-state index contributed by atoms with van der Waals surface area (Å²) in [6.45, 7) is 4.84. The number of aromatic nitrogens is 1. The fraction of sp³-hybridized carbons (Fsp3) is 0.400. The van der Waals surface area contributed by atoms with Crippen LogP contribution in [0.15, 0.2) is 12.1 Å². The summed E-state index contributed by atoms with van der Waals surface area (Å²) < 4.78 is 0. The molecular weight excluding hydrogens is 162 g/mol. The van der Waals surface area contributed by atoms with Gasteiger partial charge in [-0.2, -0.15) is 5.26 Å². The fourth-order valence-electron chi connectivity index (χ4n) is 1.07. The van der Waals surface area contributed by atoms with Gasteiger partial charge >= 0.3 is 0 Å². The van der Waals surface area contributed by atoms with Crippen molar-refractivity contribution in [1.82, 2.24) is 4.98 Å². The lowest BCUT2D eigenvalue weighted by atomic mass is 10.2. The summed E-state index contributed by atoms with van der Waals surface area (Å²) in [6, 6.07) is 5.71. The van der Waals surface area contributed by atoms with E-state index < -0.39 is 0 Å². The molecule has 0 aliphatic carbocycles. The third-order valence-corrected chi connectivity index (χ3v) is 1.93. The molecule has 1 aromatic heterocycles. The van der Waals surface area contributed by atoms with Gasteiger partial charge in [-0.05, 0) is 26.0 Å². The molecule has 0 aliphatic rings. The quantitative estimate of drug-likeness (QED) is 0.687. The smallest absolute Gasteiger partial charge is 0.129 e. The summed E-state index contributed by atoms with van der Waals surface area (Å²) in [5.74, 6) is 0.860.